The summed E-state index contributed by atoms with van der Waals surface area (Å²) in [4.78, 5) is 48.4. The fraction of sp³-hybridized carbons (Fsp3) is 0.565. The lowest BCUT2D eigenvalue weighted by atomic mass is 9.65. The maximum atomic E-state index is 12.3. The smallest absolute Gasteiger partial charge is 0.346 e. The zero-order valence-electron chi connectivity index (χ0n) is 17.7. The minimum Gasteiger partial charge on any atom is -0.480 e. The highest BCUT2D eigenvalue weighted by Gasteiger charge is 2.55. The van der Waals surface area contributed by atoms with E-state index < -0.39 is 35.2 Å². The molecule has 164 valence electrons. The molecular weight excluding hydrogens is 388 g/mol. The van der Waals surface area contributed by atoms with Gasteiger partial charge in [0.05, 0.1) is 11.1 Å². The van der Waals surface area contributed by atoms with Crippen LogP contribution in [-0.2, 0) is 28.7 Å². The van der Waals surface area contributed by atoms with Crippen LogP contribution in [0.5, 0.6) is 0 Å². The van der Waals surface area contributed by atoms with E-state index in [0.717, 1.165) is 31.4 Å². The second-order valence-electron chi connectivity index (χ2n) is 7.96. The maximum Gasteiger partial charge on any atom is 0.346 e. The molecule has 7 nitrogen and oxygen atoms in total. The molecule has 1 aliphatic heterocycles. The average Bonchev–Trinajstić information content (AvgIpc) is 2.98. The number of rotatable bonds is 12. The zero-order chi connectivity index (χ0) is 22.3. The summed E-state index contributed by atoms with van der Waals surface area (Å²) >= 11 is 0. The number of carboxylic acids is 1. The lowest BCUT2D eigenvalue weighted by Crippen LogP contribution is -2.43. The van der Waals surface area contributed by atoms with Crippen LogP contribution in [0.2, 0.25) is 0 Å². The monoisotopic (exact) mass is 418 g/mol. The number of carboxylic acid groups (broad SMARTS) is 1. The van der Waals surface area contributed by atoms with Gasteiger partial charge in [-0.2, -0.15) is 0 Å². The van der Waals surface area contributed by atoms with Gasteiger partial charge in [-0.3, -0.25) is 4.79 Å². The van der Waals surface area contributed by atoms with Crippen LogP contribution in [0.15, 0.2) is 35.6 Å². The molecule has 0 amide bonds. The summed E-state index contributed by atoms with van der Waals surface area (Å²) in [6.07, 6.45) is 10.9. The number of hydrogen-bond donors (Lipinski definition) is 1. The molecule has 1 aliphatic carbocycles. The van der Waals surface area contributed by atoms with Gasteiger partial charge < -0.3 is 14.6 Å². The number of esters is 3. The SMILES string of the molecule is C=CC(=O)OC1=CC2=C(C(=O)OC2=O)C(CCCCCCCCCC)C1(C)C(=O)O. The van der Waals surface area contributed by atoms with E-state index in [1.54, 1.807) is 0 Å². The second kappa shape index (κ2) is 10.4. The van der Waals surface area contributed by atoms with Crippen LogP contribution < -0.4 is 0 Å². The number of ether oxygens (including phenoxy) is 2. The van der Waals surface area contributed by atoms with Crippen molar-refractivity contribution in [1.29, 1.82) is 0 Å². The molecular formula is C23H30O7. The van der Waals surface area contributed by atoms with Gasteiger partial charge in [0.15, 0.2) is 0 Å². The zero-order valence-corrected chi connectivity index (χ0v) is 17.7. The summed E-state index contributed by atoms with van der Waals surface area (Å²) in [5.74, 6) is -4.76. The van der Waals surface area contributed by atoms with Crippen LogP contribution in [0.4, 0.5) is 0 Å². The van der Waals surface area contributed by atoms with Crippen molar-refractivity contribution >= 4 is 23.9 Å². The van der Waals surface area contributed by atoms with Crippen molar-refractivity contribution in [2.45, 2.75) is 71.6 Å². The van der Waals surface area contributed by atoms with Crippen LogP contribution in [0.1, 0.15) is 71.6 Å². The van der Waals surface area contributed by atoms with Crippen LogP contribution in [0.25, 0.3) is 0 Å². The Balaban J connectivity index is 2.21. The first-order valence-electron chi connectivity index (χ1n) is 10.6. The Bertz CT molecular complexity index is 789. The lowest BCUT2D eigenvalue weighted by Gasteiger charge is -2.37. The Hall–Kier alpha value is -2.70. The molecule has 7 heteroatoms. The average molecular weight is 418 g/mol. The van der Waals surface area contributed by atoms with Gasteiger partial charge in [-0.1, -0.05) is 64.9 Å². The summed E-state index contributed by atoms with van der Waals surface area (Å²) < 4.78 is 9.92. The summed E-state index contributed by atoms with van der Waals surface area (Å²) in [5, 5.41) is 10.0. The molecule has 0 spiro atoms. The minimum atomic E-state index is -1.68. The van der Waals surface area contributed by atoms with Crippen molar-refractivity contribution in [3.05, 3.63) is 35.6 Å². The molecule has 0 bridgehead atoms. The topological polar surface area (TPSA) is 107 Å². The summed E-state index contributed by atoms with van der Waals surface area (Å²) in [7, 11) is 0. The molecule has 0 aromatic rings. The number of aliphatic carboxylic acids is 1. The van der Waals surface area contributed by atoms with Gasteiger partial charge in [-0.05, 0) is 19.4 Å². The maximum absolute atomic E-state index is 12.3. The molecule has 0 saturated heterocycles. The Kier molecular flexibility index (Phi) is 8.15. The highest BCUT2D eigenvalue weighted by Crippen LogP contribution is 2.50. The molecule has 0 saturated carbocycles. The number of carbonyl (C=O) groups is 4. The third kappa shape index (κ3) is 4.89. The molecule has 1 heterocycles. The van der Waals surface area contributed by atoms with Crippen LogP contribution in [-0.4, -0.2) is 29.0 Å². The van der Waals surface area contributed by atoms with E-state index in [1.165, 1.54) is 32.6 Å². The predicted octanol–water partition coefficient (Wildman–Crippen LogP) is 4.23. The quantitative estimate of drug-likeness (QED) is 0.219. The summed E-state index contributed by atoms with van der Waals surface area (Å²) in [6, 6.07) is 0. The van der Waals surface area contributed by atoms with Crippen LogP contribution in [0, 0.1) is 11.3 Å². The van der Waals surface area contributed by atoms with Gasteiger partial charge in [0.25, 0.3) is 0 Å². The third-order valence-corrected chi connectivity index (χ3v) is 5.92. The number of unbranched alkanes of at least 4 members (excludes halogenated alkanes) is 7. The second-order valence-corrected chi connectivity index (χ2v) is 7.96. The van der Waals surface area contributed by atoms with Crippen molar-refractivity contribution in [2.75, 3.05) is 0 Å². The van der Waals surface area contributed by atoms with Crippen LogP contribution in [0.3, 0.4) is 0 Å². The van der Waals surface area contributed by atoms with Gasteiger partial charge in [-0.15, -0.1) is 0 Å². The van der Waals surface area contributed by atoms with Crippen molar-refractivity contribution in [3.8, 4) is 0 Å². The highest BCUT2D eigenvalue weighted by molar-refractivity contribution is 6.15. The molecule has 0 aromatic heterocycles. The van der Waals surface area contributed by atoms with Gasteiger partial charge in [0.1, 0.15) is 11.2 Å². The first-order chi connectivity index (χ1) is 14.3. The van der Waals surface area contributed by atoms with Crippen molar-refractivity contribution < 1.29 is 33.8 Å². The van der Waals surface area contributed by atoms with Crippen molar-refractivity contribution in [3.63, 3.8) is 0 Å². The fourth-order valence-electron chi connectivity index (χ4n) is 4.08. The molecule has 2 rings (SSSR count). The van der Waals surface area contributed by atoms with Gasteiger partial charge in [0, 0.05) is 12.0 Å². The Morgan fingerprint density at radius 1 is 1.13 bits per heavy atom. The van der Waals surface area contributed by atoms with E-state index in [1.807, 2.05) is 0 Å². The molecule has 1 N–H and O–H groups in total. The standard InChI is InChI=1S/C23H30O7/c1-4-6-7-8-9-10-11-12-13-16-19-15(20(25)30-21(19)26)14-17(29-18(24)5-2)23(16,3)22(27)28/h5,14,16H,2,4,6-13H2,1,3H3,(H,27,28). The predicted molar refractivity (Wildman–Crippen MR) is 109 cm³/mol. The Morgan fingerprint density at radius 2 is 1.73 bits per heavy atom. The van der Waals surface area contributed by atoms with E-state index >= 15 is 0 Å². The molecule has 0 aromatic carbocycles. The van der Waals surface area contributed by atoms with Crippen LogP contribution >= 0.6 is 0 Å². The Morgan fingerprint density at radius 3 is 2.30 bits per heavy atom. The van der Waals surface area contributed by atoms with Crippen molar-refractivity contribution in [2.24, 2.45) is 11.3 Å². The van der Waals surface area contributed by atoms with E-state index in [9.17, 15) is 24.3 Å². The van der Waals surface area contributed by atoms with E-state index in [0.29, 0.717) is 12.8 Å². The third-order valence-electron chi connectivity index (χ3n) is 5.92. The first kappa shape index (κ1) is 23.6. The largest absolute Gasteiger partial charge is 0.480 e. The lowest BCUT2D eigenvalue weighted by molar-refractivity contribution is -0.153. The Labute approximate surface area is 176 Å². The molecule has 0 radical (unpaired) electrons. The van der Waals surface area contributed by atoms with Gasteiger partial charge >= 0.3 is 23.9 Å². The fourth-order valence-corrected chi connectivity index (χ4v) is 4.08. The summed E-state index contributed by atoms with van der Waals surface area (Å²) in [6.45, 7) is 6.90. The normalized spacial score (nSPS) is 23.0. The minimum absolute atomic E-state index is 0.0323. The molecule has 2 atom stereocenters. The summed E-state index contributed by atoms with van der Waals surface area (Å²) in [5.41, 5.74) is -1.65. The van der Waals surface area contributed by atoms with E-state index in [-0.39, 0.29) is 16.9 Å². The molecule has 30 heavy (non-hydrogen) atoms. The molecule has 2 aliphatic rings. The molecule has 2 unspecified atom stereocenters. The number of cyclic esters (lactones) is 2. The number of carbonyl (C=O) groups excluding carboxylic acids is 3. The van der Waals surface area contributed by atoms with Gasteiger partial charge in [0.2, 0.25) is 0 Å². The van der Waals surface area contributed by atoms with E-state index in [2.05, 4.69) is 13.5 Å². The van der Waals surface area contributed by atoms with Crippen molar-refractivity contribution in [1.82, 2.24) is 0 Å². The number of hydrogen-bond acceptors (Lipinski definition) is 6. The molecule has 0 fully saturated rings. The van der Waals surface area contributed by atoms with E-state index in [4.69, 9.17) is 9.47 Å². The highest BCUT2D eigenvalue weighted by atomic mass is 16.6. The van der Waals surface area contributed by atoms with Gasteiger partial charge in [-0.25, -0.2) is 14.4 Å². The first-order valence-corrected chi connectivity index (χ1v) is 10.6.